The van der Waals surface area contributed by atoms with Crippen molar-refractivity contribution in [3.8, 4) is 0 Å². The van der Waals surface area contributed by atoms with Gasteiger partial charge in [0.2, 0.25) is 10.0 Å². The minimum Gasteiger partial charge on any atom is -0.462 e. The van der Waals surface area contributed by atoms with E-state index in [2.05, 4.69) is 5.32 Å². The molecule has 34 heavy (non-hydrogen) atoms. The zero-order chi connectivity index (χ0) is 24.3. The molecule has 2 heterocycles. The number of likely N-dealkylation sites (N-methyl/N-ethyl adjacent to an activating group) is 1. The molecule has 0 spiro atoms. The van der Waals surface area contributed by atoms with E-state index in [1.54, 1.807) is 6.92 Å². The average molecular weight is 507 g/mol. The summed E-state index contributed by atoms with van der Waals surface area (Å²) in [4.78, 5) is 26.8. The fraction of sp³-hybridized carbons (Fsp3) is 0.500. The molecule has 1 atom stereocenters. The summed E-state index contributed by atoms with van der Waals surface area (Å²) in [5.74, 6) is -0.825. The number of ether oxygens (including phenoxy) is 2. The van der Waals surface area contributed by atoms with Crippen molar-refractivity contribution < 1.29 is 27.5 Å². The van der Waals surface area contributed by atoms with E-state index < -0.39 is 21.9 Å². The summed E-state index contributed by atoms with van der Waals surface area (Å²) in [7, 11) is -2.16. The third-order valence-electron chi connectivity index (χ3n) is 6.19. The van der Waals surface area contributed by atoms with E-state index in [1.807, 2.05) is 0 Å². The minimum absolute atomic E-state index is 0.0879. The number of thiophene rings is 1. The molecule has 1 aliphatic heterocycles. The van der Waals surface area contributed by atoms with E-state index in [0.29, 0.717) is 29.3 Å². The monoisotopic (exact) mass is 506 g/mol. The lowest BCUT2D eigenvalue weighted by Gasteiger charge is -2.20. The highest BCUT2D eigenvalue weighted by atomic mass is 32.2. The second-order valence-electron chi connectivity index (χ2n) is 8.53. The Kier molecular flexibility index (Phi) is 7.71. The molecular weight excluding hydrogens is 476 g/mol. The number of esters is 1. The van der Waals surface area contributed by atoms with Crippen LogP contribution in [0.1, 0.15) is 63.8 Å². The maximum atomic E-state index is 13.0. The van der Waals surface area contributed by atoms with Crippen molar-refractivity contribution in [2.24, 2.45) is 0 Å². The topological polar surface area (TPSA) is 102 Å². The molecule has 1 aliphatic carbocycles. The van der Waals surface area contributed by atoms with Crippen LogP contribution < -0.4 is 5.32 Å². The van der Waals surface area contributed by atoms with Gasteiger partial charge in [0.25, 0.3) is 5.91 Å². The van der Waals surface area contributed by atoms with Crippen molar-refractivity contribution in [2.75, 3.05) is 32.1 Å². The van der Waals surface area contributed by atoms with Crippen LogP contribution in [0.15, 0.2) is 29.2 Å². The largest absolute Gasteiger partial charge is 0.462 e. The number of amides is 1. The summed E-state index contributed by atoms with van der Waals surface area (Å²) in [6.07, 6.45) is 5.43. The molecule has 4 rings (SSSR count). The van der Waals surface area contributed by atoms with Gasteiger partial charge in [-0.1, -0.05) is 0 Å². The molecule has 0 saturated carbocycles. The SMILES string of the molecule is CCOC(=O)c1c(NC(=O)c2ccc(S(=O)(=O)N(C)CC3CCCO3)cc2)sc2c1CCCC2. The molecule has 10 heteroatoms. The molecule has 1 amide bonds. The highest BCUT2D eigenvalue weighted by molar-refractivity contribution is 7.89. The zero-order valence-corrected chi connectivity index (χ0v) is 21.1. The molecule has 1 unspecified atom stereocenters. The van der Waals surface area contributed by atoms with E-state index in [9.17, 15) is 18.0 Å². The first-order chi connectivity index (χ1) is 16.3. The van der Waals surface area contributed by atoms with Crippen molar-refractivity contribution in [2.45, 2.75) is 56.4 Å². The van der Waals surface area contributed by atoms with Gasteiger partial charge in [-0.25, -0.2) is 13.2 Å². The molecule has 1 N–H and O–H groups in total. The smallest absolute Gasteiger partial charge is 0.341 e. The van der Waals surface area contributed by atoms with Crippen molar-refractivity contribution in [3.05, 3.63) is 45.8 Å². The van der Waals surface area contributed by atoms with E-state index in [4.69, 9.17) is 9.47 Å². The summed E-state index contributed by atoms with van der Waals surface area (Å²) >= 11 is 1.42. The highest BCUT2D eigenvalue weighted by Crippen LogP contribution is 2.38. The maximum Gasteiger partial charge on any atom is 0.341 e. The highest BCUT2D eigenvalue weighted by Gasteiger charge is 2.28. The quantitative estimate of drug-likeness (QED) is 0.546. The average Bonchev–Trinajstić information content (AvgIpc) is 3.46. The van der Waals surface area contributed by atoms with Crippen molar-refractivity contribution in [1.82, 2.24) is 4.31 Å². The van der Waals surface area contributed by atoms with E-state index in [1.165, 1.54) is 47.0 Å². The third-order valence-corrected chi connectivity index (χ3v) is 9.23. The first-order valence-electron chi connectivity index (χ1n) is 11.6. The number of anilines is 1. The van der Waals surface area contributed by atoms with Crippen LogP contribution in [0.25, 0.3) is 0 Å². The van der Waals surface area contributed by atoms with E-state index in [-0.39, 0.29) is 17.6 Å². The Hall–Kier alpha value is -2.27. The molecule has 2 aromatic rings. The molecule has 0 radical (unpaired) electrons. The standard InChI is InChI=1S/C24H30N2O6S2/c1-3-31-24(28)21-19-8-4-5-9-20(19)33-23(21)25-22(27)16-10-12-18(13-11-16)34(29,30)26(2)15-17-7-6-14-32-17/h10-13,17H,3-9,14-15H2,1-2H3,(H,25,27). The Morgan fingerprint density at radius 3 is 2.59 bits per heavy atom. The number of hydrogen-bond acceptors (Lipinski definition) is 7. The summed E-state index contributed by atoms with van der Waals surface area (Å²) < 4.78 is 37.9. The van der Waals surface area contributed by atoms with Crippen molar-refractivity contribution in [1.29, 1.82) is 0 Å². The second kappa shape index (κ2) is 10.6. The molecule has 2 aliphatic rings. The van der Waals surface area contributed by atoms with Gasteiger partial charge in [0.1, 0.15) is 5.00 Å². The zero-order valence-electron chi connectivity index (χ0n) is 19.5. The number of carbonyl (C=O) groups is 2. The predicted molar refractivity (Wildman–Crippen MR) is 130 cm³/mol. The van der Waals surface area contributed by atoms with Gasteiger partial charge in [-0.15, -0.1) is 11.3 Å². The number of benzene rings is 1. The molecule has 1 saturated heterocycles. The van der Waals surface area contributed by atoms with Gasteiger partial charge in [-0.3, -0.25) is 4.79 Å². The minimum atomic E-state index is -3.69. The van der Waals surface area contributed by atoms with Crippen LogP contribution in [0.2, 0.25) is 0 Å². The summed E-state index contributed by atoms with van der Waals surface area (Å²) in [6, 6.07) is 5.84. The lowest BCUT2D eigenvalue weighted by Crippen LogP contribution is -2.34. The Morgan fingerprint density at radius 2 is 1.91 bits per heavy atom. The molecule has 1 aromatic carbocycles. The summed E-state index contributed by atoms with van der Waals surface area (Å²) in [5.41, 5.74) is 1.73. The number of nitrogens with one attached hydrogen (secondary N) is 1. The lowest BCUT2D eigenvalue weighted by molar-refractivity contribution is 0.0526. The Balaban J connectivity index is 1.50. The third kappa shape index (κ3) is 5.19. The van der Waals surface area contributed by atoms with E-state index >= 15 is 0 Å². The fourth-order valence-electron chi connectivity index (χ4n) is 4.38. The van der Waals surface area contributed by atoms with Gasteiger partial charge in [0, 0.05) is 30.6 Å². The lowest BCUT2D eigenvalue weighted by atomic mass is 9.95. The fourth-order valence-corrected chi connectivity index (χ4v) is 6.85. The van der Waals surface area contributed by atoms with E-state index in [0.717, 1.165) is 49.0 Å². The van der Waals surface area contributed by atoms with Crippen molar-refractivity contribution in [3.63, 3.8) is 0 Å². The number of rotatable bonds is 8. The molecule has 1 aromatic heterocycles. The second-order valence-corrected chi connectivity index (χ2v) is 11.7. The predicted octanol–water partition coefficient (Wildman–Crippen LogP) is 3.86. The Bertz CT molecular complexity index is 1150. The van der Waals surface area contributed by atoms with Gasteiger partial charge in [0.05, 0.1) is 23.2 Å². The Labute approximate surface area is 204 Å². The molecule has 184 valence electrons. The Morgan fingerprint density at radius 1 is 1.18 bits per heavy atom. The van der Waals surface area contributed by atoms with Crippen LogP contribution in [0.5, 0.6) is 0 Å². The first-order valence-corrected chi connectivity index (χ1v) is 13.9. The van der Waals surface area contributed by atoms with Crippen LogP contribution in [0.3, 0.4) is 0 Å². The van der Waals surface area contributed by atoms with Crippen LogP contribution in [0, 0.1) is 0 Å². The normalized spacial score (nSPS) is 18.0. The first kappa shape index (κ1) is 24.8. The number of nitrogens with zero attached hydrogens (tertiary/aromatic N) is 1. The van der Waals surface area contributed by atoms with Crippen LogP contribution in [-0.4, -0.2) is 57.5 Å². The van der Waals surface area contributed by atoms with Crippen LogP contribution in [-0.2, 0) is 32.3 Å². The number of fused-ring (bicyclic) bond motifs is 1. The van der Waals surface area contributed by atoms with Gasteiger partial charge < -0.3 is 14.8 Å². The molecule has 0 bridgehead atoms. The van der Waals surface area contributed by atoms with Gasteiger partial charge in [-0.2, -0.15) is 4.31 Å². The van der Waals surface area contributed by atoms with Gasteiger partial charge >= 0.3 is 5.97 Å². The van der Waals surface area contributed by atoms with Gasteiger partial charge in [0.15, 0.2) is 0 Å². The van der Waals surface area contributed by atoms with Crippen LogP contribution in [0.4, 0.5) is 5.00 Å². The molecule has 8 nitrogen and oxygen atoms in total. The number of sulfonamides is 1. The molecule has 1 fully saturated rings. The summed E-state index contributed by atoms with van der Waals surface area (Å²) in [5, 5.41) is 3.34. The van der Waals surface area contributed by atoms with Crippen LogP contribution >= 0.6 is 11.3 Å². The van der Waals surface area contributed by atoms with Crippen molar-refractivity contribution >= 4 is 38.2 Å². The summed E-state index contributed by atoms with van der Waals surface area (Å²) in [6.45, 7) is 2.97. The molecular formula is C24H30N2O6S2. The van der Waals surface area contributed by atoms with Gasteiger partial charge in [-0.05, 0) is 75.3 Å². The maximum absolute atomic E-state index is 13.0. The number of hydrogen-bond donors (Lipinski definition) is 1. The number of aryl methyl sites for hydroxylation is 1. The number of carbonyl (C=O) groups excluding carboxylic acids is 2.